The van der Waals surface area contributed by atoms with Crippen LogP contribution in [0.5, 0.6) is 0 Å². The summed E-state index contributed by atoms with van der Waals surface area (Å²) in [5.41, 5.74) is 0.770. The monoisotopic (exact) mass is 518 g/mol. The number of esters is 2. The minimum Gasteiger partial charge on any atom is -0.463 e. The smallest absolute Gasteiger partial charge is 0.305 e. The summed E-state index contributed by atoms with van der Waals surface area (Å²) >= 11 is 0. The summed E-state index contributed by atoms with van der Waals surface area (Å²) in [6.45, 7) is 6.82. The number of ether oxygens (including phenoxy) is 2. The fourth-order valence-corrected chi connectivity index (χ4v) is 4.25. The van der Waals surface area contributed by atoms with Crippen LogP contribution in [0.4, 0.5) is 0 Å². The van der Waals surface area contributed by atoms with Crippen LogP contribution in [0.25, 0.3) is 0 Å². The van der Waals surface area contributed by atoms with Gasteiger partial charge in [0, 0.05) is 36.1 Å². The van der Waals surface area contributed by atoms with E-state index in [1.54, 1.807) is 13.8 Å². The minimum absolute atomic E-state index is 0.00880. The molecule has 0 aliphatic carbocycles. The molecule has 37 heavy (non-hydrogen) atoms. The highest BCUT2D eigenvalue weighted by Crippen LogP contribution is 2.19. The number of nitrogens with zero attached hydrogens (tertiary/aromatic N) is 2. The largest absolute Gasteiger partial charge is 0.463 e. The number of hydrogen-bond acceptors (Lipinski definition) is 8. The Morgan fingerprint density at radius 3 is 1.32 bits per heavy atom. The third-order valence-electron chi connectivity index (χ3n) is 6.58. The van der Waals surface area contributed by atoms with Gasteiger partial charge in [0.2, 0.25) is 0 Å². The molecular weight excluding hydrogens is 480 g/mol. The molecular formula is C27H38N2O8. The van der Waals surface area contributed by atoms with Gasteiger partial charge < -0.3 is 9.47 Å². The van der Waals surface area contributed by atoms with Crippen LogP contribution in [-0.2, 0) is 38.2 Å². The highest BCUT2D eigenvalue weighted by atomic mass is 16.5. The Kier molecular flexibility index (Phi) is 11.7. The molecule has 2 atom stereocenters. The molecule has 204 valence electrons. The van der Waals surface area contributed by atoms with Crippen LogP contribution in [0, 0.1) is 0 Å². The van der Waals surface area contributed by atoms with E-state index in [1.807, 2.05) is 13.8 Å². The van der Waals surface area contributed by atoms with Gasteiger partial charge in [-0.15, -0.1) is 0 Å². The number of unbranched alkanes of at least 4 members (excludes halogenated alkanes) is 4. The number of carbonyl (C=O) groups excluding carboxylic acids is 6. The van der Waals surface area contributed by atoms with Crippen molar-refractivity contribution in [3.05, 3.63) is 23.3 Å². The van der Waals surface area contributed by atoms with Crippen LogP contribution < -0.4 is 0 Å². The molecule has 0 fully saturated rings. The maximum atomic E-state index is 12.1. The molecule has 2 heterocycles. The fraction of sp³-hybridized carbons (Fsp3) is 0.630. The molecule has 0 aromatic heterocycles. The van der Waals surface area contributed by atoms with Gasteiger partial charge in [0.25, 0.3) is 23.6 Å². The zero-order valence-electron chi connectivity index (χ0n) is 22.2. The molecule has 0 saturated carbocycles. The molecule has 0 bridgehead atoms. The first-order chi connectivity index (χ1) is 17.6. The first-order valence-electron chi connectivity index (χ1n) is 13.0. The summed E-state index contributed by atoms with van der Waals surface area (Å²) in [6, 6.07) is -0.941. The van der Waals surface area contributed by atoms with E-state index < -0.39 is 12.1 Å². The molecule has 0 saturated heterocycles. The number of rotatable bonds is 16. The number of amides is 4. The third-order valence-corrected chi connectivity index (χ3v) is 6.58. The Hall–Kier alpha value is -3.30. The summed E-state index contributed by atoms with van der Waals surface area (Å²) in [7, 11) is 0. The summed E-state index contributed by atoms with van der Waals surface area (Å²) < 4.78 is 10.6. The molecule has 10 heteroatoms. The highest BCUT2D eigenvalue weighted by molar-refractivity contribution is 6.16. The summed E-state index contributed by atoms with van der Waals surface area (Å²) in [6.07, 6.45) is 7.83. The van der Waals surface area contributed by atoms with Crippen LogP contribution in [0.15, 0.2) is 23.3 Å². The summed E-state index contributed by atoms with van der Waals surface area (Å²) in [5, 5.41) is 0. The zero-order valence-corrected chi connectivity index (χ0v) is 22.2. The Morgan fingerprint density at radius 1 is 0.676 bits per heavy atom. The molecule has 4 amide bonds. The topological polar surface area (TPSA) is 127 Å². The van der Waals surface area contributed by atoms with Crippen molar-refractivity contribution in [1.82, 2.24) is 9.80 Å². The normalized spacial score (nSPS) is 17.2. The second-order valence-electron chi connectivity index (χ2n) is 9.44. The fourth-order valence-electron chi connectivity index (χ4n) is 4.25. The standard InChI is InChI=1S/C27H38N2O8/c1-5-20(28-22(30)14-18(3)26(28)34)16-36-24(32)12-10-8-7-9-11-13-25(33)37-17-21(6-2)29-23(31)15-19(4)27(29)35/h14-15,20-21H,5-13,16-17H2,1-4H3. The molecule has 2 aliphatic heterocycles. The predicted octanol–water partition coefficient (Wildman–Crippen LogP) is 2.99. The van der Waals surface area contributed by atoms with Gasteiger partial charge in [0.15, 0.2) is 0 Å². The number of hydrogen-bond donors (Lipinski definition) is 0. The van der Waals surface area contributed by atoms with Crippen molar-refractivity contribution in [1.29, 1.82) is 0 Å². The van der Waals surface area contributed by atoms with E-state index in [0.717, 1.165) is 29.1 Å². The lowest BCUT2D eigenvalue weighted by Crippen LogP contribution is -2.43. The second kappa shape index (κ2) is 14.4. The molecule has 2 aliphatic rings. The molecule has 10 nitrogen and oxygen atoms in total. The van der Waals surface area contributed by atoms with Gasteiger partial charge in [-0.25, -0.2) is 0 Å². The van der Waals surface area contributed by atoms with Crippen LogP contribution in [0.1, 0.15) is 85.5 Å². The van der Waals surface area contributed by atoms with Gasteiger partial charge in [-0.1, -0.05) is 33.1 Å². The molecule has 0 aromatic rings. The molecule has 2 unspecified atom stereocenters. The van der Waals surface area contributed by atoms with Gasteiger partial charge >= 0.3 is 11.9 Å². The lowest BCUT2D eigenvalue weighted by molar-refractivity contribution is -0.151. The Morgan fingerprint density at radius 2 is 1.03 bits per heavy atom. The highest BCUT2D eigenvalue weighted by Gasteiger charge is 2.35. The Labute approximate surface area is 218 Å². The molecule has 0 aromatic carbocycles. The van der Waals surface area contributed by atoms with E-state index in [2.05, 4.69) is 0 Å². The molecule has 0 radical (unpaired) electrons. The maximum Gasteiger partial charge on any atom is 0.305 e. The van der Waals surface area contributed by atoms with E-state index in [4.69, 9.17) is 9.47 Å². The maximum absolute atomic E-state index is 12.1. The van der Waals surface area contributed by atoms with E-state index in [0.29, 0.717) is 36.8 Å². The van der Waals surface area contributed by atoms with Crippen molar-refractivity contribution in [2.24, 2.45) is 0 Å². The van der Waals surface area contributed by atoms with Gasteiger partial charge in [0.1, 0.15) is 13.2 Å². The van der Waals surface area contributed by atoms with Gasteiger partial charge in [0.05, 0.1) is 12.1 Å². The average Bonchev–Trinajstić information content (AvgIpc) is 3.26. The van der Waals surface area contributed by atoms with Crippen LogP contribution >= 0.6 is 0 Å². The number of carbonyl (C=O) groups is 6. The van der Waals surface area contributed by atoms with Crippen LogP contribution in [-0.4, -0.2) is 70.7 Å². The zero-order chi connectivity index (χ0) is 27.5. The number of imide groups is 2. The second-order valence-corrected chi connectivity index (χ2v) is 9.44. The predicted molar refractivity (Wildman–Crippen MR) is 134 cm³/mol. The van der Waals surface area contributed by atoms with Crippen LogP contribution in [0.3, 0.4) is 0 Å². The van der Waals surface area contributed by atoms with Crippen molar-refractivity contribution >= 4 is 35.6 Å². The molecule has 2 rings (SSSR count). The third kappa shape index (κ3) is 8.36. The van der Waals surface area contributed by atoms with Gasteiger partial charge in [-0.3, -0.25) is 38.6 Å². The quantitative estimate of drug-likeness (QED) is 0.173. The molecule has 0 N–H and O–H groups in total. The van der Waals surface area contributed by atoms with Crippen LogP contribution in [0.2, 0.25) is 0 Å². The van der Waals surface area contributed by atoms with Crippen molar-refractivity contribution in [2.45, 2.75) is 97.6 Å². The van der Waals surface area contributed by atoms with Crippen molar-refractivity contribution < 1.29 is 38.2 Å². The Balaban J connectivity index is 1.54. The van der Waals surface area contributed by atoms with E-state index >= 15 is 0 Å². The average molecular weight is 519 g/mol. The lowest BCUT2D eigenvalue weighted by atomic mass is 10.1. The van der Waals surface area contributed by atoms with Crippen molar-refractivity contribution in [2.75, 3.05) is 13.2 Å². The van der Waals surface area contributed by atoms with E-state index in [9.17, 15) is 28.8 Å². The first-order valence-corrected chi connectivity index (χ1v) is 13.0. The Bertz CT molecular complexity index is 891. The summed E-state index contributed by atoms with van der Waals surface area (Å²) in [4.78, 5) is 74.6. The summed E-state index contributed by atoms with van der Waals surface area (Å²) in [5.74, 6) is -2.15. The van der Waals surface area contributed by atoms with E-state index in [-0.39, 0.29) is 61.6 Å². The van der Waals surface area contributed by atoms with E-state index in [1.165, 1.54) is 12.2 Å². The van der Waals surface area contributed by atoms with Gasteiger partial charge in [-0.2, -0.15) is 0 Å². The van der Waals surface area contributed by atoms with Crippen molar-refractivity contribution in [3.8, 4) is 0 Å². The van der Waals surface area contributed by atoms with Gasteiger partial charge in [-0.05, 0) is 39.5 Å². The lowest BCUT2D eigenvalue weighted by Gasteiger charge is -2.25. The van der Waals surface area contributed by atoms with Crippen molar-refractivity contribution in [3.63, 3.8) is 0 Å². The molecule has 0 spiro atoms. The first kappa shape index (κ1) is 29.9. The SMILES string of the molecule is CCC(COC(=O)CCCCCCCC(=O)OCC(CC)N1C(=O)C=C(C)C1=O)N1C(=O)C=C(C)C1=O. The minimum atomic E-state index is -0.470.